The van der Waals surface area contributed by atoms with Crippen LogP contribution in [0.5, 0.6) is 0 Å². The molecule has 0 atom stereocenters. The molecule has 0 aliphatic carbocycles. The van der Waals surface area contributed by atoms with Gasteiger partial charge in [0, 0.05) is 77.2 Å². The molecule has 4 aromatic heterocycles. The largest absolute Gasteiger partial charge is 0.456 e. The van der Waals surface area contributed by atoms with Crippen molar-refractivity contribution in [2.75, 3.05) is 4.90 Å². The van der Waals surface area contributed by atoms with Gasteiger partial charge in [0.2, 0.25) is 0 Å². The summed E-state index contributed by atoms with van der Waals surface area (Å²) < 4.78 is 13.6. The molecule has 0 aliphatic heterocycles. The summed E-state index contributed by atoms with van der Waals surface area (Å²) in [6.45, 7) is 0. The summed E-state index contributed by atoms with van der Waals surface area (Å²) in [6.07, 6.45) is 0. The van der Waals surface area contributed by atoms with Crippen LogP contribution < -0.4 is 4.90 Å². The first kappa shape index (κ1) is 50.4. The Morgan fingerprint density at radius 2 is 0.506 bits per heavy atom. The fourth-order valence-corrected chi connectivity index (χ4v) is 14.1. The van der Waals surface area contributed by atoms with Gasteiger partial charge in [-0.2, -0.15) is 0 Å². The van der Waals surface area contributed by atoms with Crippen molar-refractivity contribution in [2.45, 2.75) is 0 Å². The summed E-state index contributed by atoms with van der Waals surface area (Å²) in [5, 5.41) is 9.52. The van der Waals surface area contributed by atoms with Gasteiger partial charge in [-0.15, -0.1) is 0 Å². The van der Waals surface area contributed by atoms with Crippen LogP contribution in [0.25, 0.3) is 149 Å². The van der Waals surface area contributed by atoms with Gasteiger partial charge in [0.25, 0.3) is 0 Å². The Kier molecular flexibility index (Phi) is 11.5. The van der Waals surface area contributed by atoms with Crippen molar-refractivity contribution in [2.24, 2.45) is 0 Å². The second-order valence-corrected chi connectivity index (χ2v) is 23.3. The van der Waals surface area contributed by atoms with Crippen LogP contribution in [0.4, 0.5) is 17.1 Å². The minimum Gasteiger partial charge on any atom is -0.456 e. The molecular formula is C84H54N4O. The zero-order valence-electron chi connectivity index (χ0n) is 48.4. The molecule has 0 N–H and O–H groups in total. The van der Waals surface area contributed by atoms with E-state index in [1.807, 2.05) is 6.07 Å². The number of aromatic nitrogens is 3. The topological polar surface area (TPSA) is 31.2 Å². The van der Waals surface area contributed by atoms with Crippen molar-refractivity contribution in [3.63, 3.8) is 0 Å². The smallest absolute Gasteiger partial charge is 0.135 e. The minimum atomic E-state index is 0.871. The molecule has 0 aliphatic rings. The van der Waals surface area contributed by atoms with Crippen molar-refractivity contribution in [1.29, 1.82) is 0 Å². The highest BCUT2D eigenvalue weighted by molar-refractivity contribution is 6.13. The number of benzene rings is 14. The fraction of sp³-hybridized carbons (Fsp3) is 0. The molecule has 18 rings (SSSR count). The van der Waals surface area contributed by atoms with Crippen molar-refractivity contribution >= 4 is 104 Å². The van der Waals surface area contributed by atoms with Crippen LogP contribution in [0.1, 0.15) is 0 Å². The molecule has 416 valence electrons. The van der Waals surface area contributed by atoms with Crippen LogP contribution in [-0.4, -0.2) is 13.7 Å². The summed E-state index contributed by atoms with van der Waals surface area (Å²) in [6, 6.07) is 120. The third kappa shape index (κ3) is 8.32. The van der Waals surface area contributed by atoms with Crippen LogP contribution in [0.2, 0.25) is 0 Å². The van der Waals surface area contributed by atoms with E-state index in [0.29, 0.717) is 0 Å². The van der Waals surface area contributed by atoms with Gasteiger partial charge in [0.15, 0.2) is 0 Å². The van der Waals surface area contributed by atoms with Crippen LogP contribution in [0, 0.1) is 0 Å². The predicted molar refractivity (Wildman–Crippen MR) is 373 cm³/mol. The number of para-hydroxylation sites is 7. The highest BCUT2D eigenvalue weighted by Crippen LogP contribution is 2.45. The lowest BCUT2D eigenvalue weighted by Crippen LogP contribution is -2.10. The van der Waals surface area contributed by atoms with Gasteiger partial charge < -0.3 is 23.0 Å². The third-order valence-electron chi connectivity index (χ3n) is 18.2. The first-order chi connectivity index (χ1) is 44.1. The number of nitrogens with zero attached hydrogens (tertiary/aromatic N) is 4. The van der Waals surface area contributed by atoms with E-state index in [1.54, 1.807) is 0 Å². The highest BCUT2D eigenvalue weighted by Gasteiger charge is 2.21. The first-order valence-electron chi connectivity index (χ1n) is 30.5. The van der Waals surface area contributed by atoms with Crippen LogP contribution in [0.3, 0.4) is 0 Å². The van der Waals surface area contributed by atoms with Gasteiger partial charge in [-0.1, -0.05) is 176 Å². The average molecular weight is 1140 g/mol. The van der Waals surface area contributed by atoms with E-state index in [2.05, 4.69) is 340 Å². The quantitative estimate of drug-likeness (QED) is 0.137. The van der Waals surface area contributed by atoms with Crippen molar-refractivity contribution in [3.05, 3.63) is 328 Å². The van der Waals surface area contributed by atoms with Gasteiger partial charge >= 0.3 is 0 Å². The Morgan fingerprint density at radius 1 is 0.191 bits per heavy atom. The monoisotopic (exact) mass is 1130 g/mol. The molecule has 0 spiro atoms. The van der Waals surface area contributed by atoms with E-state index in [4.69, 9.17) is 4.42 Å². The Balaban J connectivity index is 0.815. The number of hydrogen-bond donors (Lipinski definition) is 0. The summed E-state index contributed by atoms with van der Waals surface area (Å²) in [7, 11) is 0. The Hall–Kier alpha value is -11.9. The molecule has 0 saturated heterocycles. The molecular weight excluding hydrogens is 1080 g/mol. The SMILES string of the molecule is c1ccc(-n2c3ccccc3c3cc(-c4ccc(N(c5ccc(-c6ccc7c(c6)c6ccccc6n7-c6ccccc6)cc5)c5cc(-c6ccc7oc8ccccc8c7c6)cc(-c6ccc7c(c6)c6ccccc6n7-c6ccccc6)c5)cc4)ccc32)cc1. The van der Waals surface area contributed by atoms with Crippen LogP contribution in [0.15, 0.2) is 332 Å². The fourth-order valence-electron chi connectivity index (χ4n) is 14.1. The van der Waals surface area contributed by atoms with Gasteiger partial charge in [-0.3, -0.25) is 0 Å². The van der Waals surface area contributed by atoms with Gasteiger partial charge in [-0.05, 0) is 196 Å². The number of hydrogen-bond acceptors (Lipinski definition) is 2. The number of rotatable bonds is 10. The molecule has 4 heterocycles. The molecule has 0 fully saturated rings. The maximum atomic E-state index is 6.41. The van der Waals surface area contributed by atoms with Crippen molar-refractivity contribution in [1.82, 2.24) is 13.7 Å². The standard InChI is InChI=1S/C84H54N4O/c1-4-18-63(19-5-1)86-77-28-14-10-24-69(77)73-51-57(36-44-80(73)86)55-32-40-66(41-33-55)85(67-42-34-56(35-43-67)58-37-45-81-74(52-58)70-25-11-15-29-78(70)87(81)64-20-6-2-7-21-64)68-49-61(48-62(50-68)60-39-47-84-76(54-60)72-27-13-17-31-83(72)89-84)59-38-46-82-75(53-59)71-26-12-16-30-79(71)88(82)65-22-8-3-9-23-65/h1-54H. The Morgan fingerprint density at radius 3 is 0.933 bits per heavy atom. The molecule has 0 radical (unpaired) electrons. The van der Waals surface area contributed by atoms with Crippen LogP contribution in [-0.2, 0) is 0 Å². The zero-order chi connectivity index (χ0) is 58.5. The summed E-state index contributed by atoms with van der Waals surface area (Å²) in [5.74, 6) is 0. The summed E-state index contributed by atoms with van der Waals surface area (Å²) >= 11 is 0. The number of anilines is 3. The third-order valence-corrected chi connectivity index (χ3v) is 18.2. The Bertz CT molecular complexity index is 5570. The molecule has 0 amide bonds. The lowest BCUT2D eigenvalue weighted by molar-refractivity contribution is 0.669. The molecule has 89 heavy (non-hydrogen) atoms. The second kappa shape index (κ2) is 20.4. The van der Waals surface area contributed by atoms with Gasteiger partial charge in [0.05, 0.1) is 33.1 Å². The van der Waals surface area contributed by atoms with E-state index in [9.17, 15) is 0 Å². The number of furan rings is 1. The molecule has 0 bridgehead atoms. The maximum Gasteiger partial charge on any atom is 0.135 e. The first-order valence-corrected chi connectivity index (χ1v) is 30.5. The molecule has 14 aromatic carbocycles. The molecule has 18 aromatic rings. The van der Waals surface area contributed by atoms with Gasteiger partial charge in [0.1, 0.15) is 11.2 Å². The highest BCUT2D eigenvalue weighted by atomic mass is 16.3. The van der Waals surface area contributed by atoms with E-state index in [1.165, 1.54) is 65.4 Å². The molecule has 5 nitrogen and oxygen atoms in total. The maximum absolute atomic E-state index is 6.41. The zero-order valence-corrected chi connectivity index (χ0v) is 48.4. The lowest BCUT2D eigenvalue weighted by Gasteiger charge is -2.27. The molecule has 5 heteroatoms. The van der Waals surface area contributed by atoms with E-state index < -0.39 is 0 Å². The minimum absolute atomic E-state index is 0.871. The summed E-state index contributed by atoms with van der Waals surface area (Å²) in [4.78, 5) is 2.43. The summed E-state index contributed by atoms with van der Waals surface area (Å²) in [5.41, 5.74) is 24.5. The number of fused-ring (bicyclic) bond motifs is 12. The Labute approximate surface area is 513 Å². The van der Waals surface area contributed by atoms with E-state index in [0.717, 1.165) is 101 Å². The van der Waals surface area contributed by atoms with Crippen molar-refractivity contribution < 1.29 is 4.42 Å². The molecule has 0 saturated carbocycles. The van der Waals surface area contributed by atoms with Gasteiger partial charge in [-0.25, -0.2) is 0 Å². The van der Waals surface area contributed by atoms with E-state index >= 15 is 0 Å². The van der Waals surface area contributed by atoms with Crippen LogP contribution >= 0.6 is 0 Å². The molecule has 0 unspecified atom stereocenters. The van der Waals surface area contributed by atoms with E-state index in [-0.39, 0.29) is 0 Å². The average Bonchev–Trinajstić information content (AvgIpc) is 1.87. The predicted octanol–water partition coefficient (Wildman–Crippen LogP) is 23.0. The normalized spacial score (nSPS) is 11.8. The lowest BCUT2D eigenvalue weighted by atomic mass is 9.95. The second-order valence-electron chi connectivity index (χ2n) is 23.3. The van der Waals surface area contributed by atoms with Crippen molar-refractivity contribution in [3.8, 4) is 61.6 Å².